The summed E-state index contributed by atoms with van der Waals surface area (Å²) in [5, 5.41) is 6.90. The molecule has 0 saturated carbocycles. The SMILES string of the molecule is CSC(C)CNC(=O)CC(C)C1CCNCC1. The van der Waals surface area contributed by atoms with Gasteiger partial charge in [0.25, 0.3) is 0 Å². The van der Waals surface area contributed by atoms with Crippen LogP contribution in [0.4, 0.5) is 0 Å². The zero-order valence-electron chi connectivity index (χ0n) is 11.3. The number of carbonyl (C=O) groups is 1. The molecule has 0 spiro atoms. The van der Waals surface area contributed by atoms with Gasteiger partial charge in [0.15, 0.2) is 0 Å². The minimum absolute atomic E-state index is 0.219. The maximum atomic E-state index is 11.8. The average molecular weight is 258 g/mol. The molecular weight excluding hydrogens is 232 g/mol. The van der Waals surface area contributed by atoms with E-state index in [1.165, 1.54) is 12.8 Å². The number of hydrogen-bond donors (Lipinski definition) is 2. The van der Waals surface area contributed by atoms with Gasteiger partial charge in [-0.25, -0.2) is 0 Å². The zero-order valence-corrected chi connectivity index (χ0v) is 12.1. The second kappa shape index (κ2) is 7.98. The summed E-state index contributed by atoms with van der Waals surface area (Å²) in [5.74, 6) is 1.46. The highest BCUT2D eigenvalue weighted by atomic mass is 32.2. The summed E-state index contributed by atoms with van der Waals surface area (Å²) in [6, 6.07) is 0. The third kappa shape index (κ3) is 5.77. The van der Waals surface area contributed by atoms with E-state index in [4.69, 9.17) is 0 Å². The molecule has 0 radical (unpaired) electrons. The van der Waals surface area contributed by atoms with E-state index < -0.39 is 0 Å². The summed E-state index contributed by atoms with van der Waals surface area (Å²) >= 11 is 1.79. The maximum Gasteiger partial charge on any atom is 0.220 e. The Morgan fingerprint density at radius 3 is 2.65 bits per heavy atom. The highest BCUT2D eigenvalue weighted by Gasteiger charge is 2.21. The Labute approximate surface area is 109 Å². The Morgan fingerprint density at radius 2 is 2.06 bits per heavy atom. The van der Waals surface area contributed by atoms with Crippen LogP contribution in [-0.4, -0.2) is 37.0 Å². The molecule has 0 aromatic rings. The van der Waals surface area contributed by atoms with Crippen molar-refractivity contribution in [1.82, 2.24) is 10.6 Å². The van der Waals surface area contributed by atoms with E-state index in [0.29, 0.717) is 17.6 Å². The molecule has 2 unspecified atom stereocenters. The average Bonchev–Trinajstić information content (AvgIpc) is 2.36. The number of amides is 1. The van der Waals surface area contributed by atoms with Gasteiger partial charge in [-0.05, 0) is 44.0 Å². The van der Waals surface area contributed by atoms with Crippen molar-refractivity contribution in [2.24, 2.45) is 11.8 Å². The van der Waals surface area contributed by atoms with E-state index in [1.807, 2.05) is 0 Å². The Morgan fingerprint density at radius 1 is 1.41 bits per heavy atom. The predicted molar refractivity (Wildman–Crippen MR) is 75.4 cm³/mol. The number of rotatable bonds is 6. The molecule has 1 aliphatic heterocycles. The number of hydrogen-bond acceptors (Lipinski definition) is 3. The molecule has 1 heterocycles. The molecule has 0 aromatic carbocycles. The maximum absolute atomic E-state index is 11.8. The van der Waals surface area contributed by atoms with Gasteiger partial charge in [-0.2, -0.15) is 11.8 Å². The Balaban J connectivity index is 2.20. The molecule has 0 bridgehead atoms. The van der Waals surface area contributed by atoms with Gasteiger partial charge < -0.3 is 10.6 Å². The highest BCUT2D eigenvalue weighted by molar-refractivity contribution is 7.99. The number of carbonyl (C=O) groups excluding carboxylic acids is 1. The summed E-state index contributed by atoms with van der Waals surface area (Å²) in [5.41, 5.74) is 0. The molecule has 1 rings (SSSR count). The predicted octanol–water partition coefficient (Wildman–Crippen LogP) is 1.88. The molecule has 1 amide bonds. The van der Waals surface area contributed by atoms with E-state index in [2.05, 4.69) is 30.7 Å². The summed E-state index contributed by atoms with van der Waals surface area (Å²) in [7, 11) is 0. The normalized spacial score (nSPS) is 20.9. The van der Waals surface area contributed by atoms with Gasteiger partial charge in [0.05, 0.1) is 0 Å². The second-order valence-electron chi connectivity index (χ2n) is 5.12. The molecule has 100 valence electrons. The number of thioether (sulfide) groups is 1. The van der Waals surface area contributed by atoms with Crippen LogP contribution in [0.5, 0.6) is 0 Å². The van der Waals surface area contributed by atoms with Crippen molar-refractivity contribution in [3.05, 3.63) is 0 Å². The third-order valence-electron chi connectivity index (χ3n) is 3.68. The summed E-state index contributed by atoms with van der Waals surface area (Å²) < 4.78 is 0. The van der Waals surface area contributed by atoms with Crippen LogP contribution in [0.2, 0.25) is 0 Å². The zero-order chi connectivity index (χ0) is 12.7. The van der Waals surface area contributed by atoms with Crippen LogP contribution in [0.15, 0.2) is 0 Å². The Kier molecular flexibility index (Phi) is 6.97. The largest absolute Gasteiger partial charge is 0.355 e. The van der Waals surface area contributed by atoms with Gasteiger partial charge in [-0.15, -0.1) is 0 Å². The van der Waals surface area contributed by atoms with Crippen molar-refractivity contribution in [1.29, 1.82) is 0 Å². The monoisotopic (exact) mass is 258 g/mol. The topological polar surface area (TPSA) is 41.1 Å². The number of piperidine rings is 1. The first kappa shape index (κ1) is 14.8. The van der Waals surface area contributed by atoms with Crippen molar-refractivity contribution in [3.8, 4) is 0 Å². The fraction of sp³-hybridized carbons (Fsp3) is 0.923. The van der Waals surface area contributed by atoms with Gasteiger partial charge in [0.2, 0.25) is 5.91 Å². The third-order valence-corrected chi connectivity index (χ3v) is 4.66. The van der Waals surface area contributed by atoms with Gasteiger partial charge in [-0.1, -0.05) is 13.8 Å². The minimum Gasteiger partial charge on any atom is -0.355 e. The molecule has 1 saturated heterocycles. The molecule has 1 aliphatic rings. The summed E-state index contributed by atoms with van der Waals surface area (Å²) in [6.07, 6.45) is 5.20. The molecule has 4 heteroatoms. The molecule has 0 aromatic heterocycles. The molecule has 2 N–H and O–H groups in total. The van der Waals surface area contributed by atoms with E-state index in [1.54, 1.807) is 11.8 Å². The van der Waals surface area contributed by atoms with Gasteiger partial charge in [0.1, 0.15) is 0 Å². The van der Waals surface area contributed by atoms with Crippen LogP contribution in [-0.2, 0) is 4.79 Å². The lowest BCUT2D eigenvalue weighted by molar-refractivity contribution is -0.122. The Hall–Kier alpha value is -0.220. The van der Waals surface area contributed by atoms with Crippen LogP contribution in [0.3, 0.4) is 0 Å². The van der Waals surface area contributed by atoms with Crippen LogP contribution in [0.25, 0.3) is 0 Å². The van der Waals surface area contributed by atoms with Crippen LogP contribution in [0, 0.1) is 11.8 Å². The Bertz CT molecular complexity index is 229. The van der Waals surface area contributed by atoms with Crippen LogP contribution in [0.1, 0.15) is 33.1 Å². The second-order valence-corrected chi connectivity index (χ2v) is 6.40. The molecule has 0 aliphatic carbocycles. The van der Waals surface area contributed by atoms with Gasteiger partial charge >= 0.3 is 0 Å². The number of nitrogens with one attached hydrogen (secondary N) is 2. The smallest absolute Gasteiger partial charge is 0.220 e. The summed E-state index contributed by atoms with van der Waals surface area (Å²) in [6.45, 7) is 7.37. The summed E-state index contributed by atoms with van der Waals surface area (Å²) in [4.78, 5) is 11.8. The standard InChI is InChI=1S/C13H26N2OS/c1-10(12-4-6-14-7-5-12)8-13(16)15-9-11(2)17-3/h10-12,14H,4-9H2,1-3H3,(H,15,16). The van der Waals surface area contributed by atoms with Crippen molar-refractivity contribution in [2.75, 3.05) is 25.9 Å². The van der Waals surface area contributed by atoms with Crippen molar-refractivity contribution in [3.63, 3.8) is 0 Å². The molecule has 3 nitrogen and oxygen atoms in total. The van der Waals surface area contributed by atoms with Gasteiger partial charge in [0, 0.05) is 18.2 Å². The fourth-order valence-corrected chi connectivity index (χ4v) is 2.54. The molecule has 1 fully saturated rings. The lowest BCUT2D eigenvalue weighted by Crippen LogP contribution is -2.34. The van der Waals surface area contributed by atoms with E-state index in [9.17, 15) is 4.79 Å². The van der Waals surface area contributed by atoms with Crippen LogP contribution < -0.4 is 10.6 Å². The first-order valence-corrected chi connectivity index (χ1v) is 7.92. The van der Waals surface area contributed by atoms with Crippen molar-refractivity contribution < 1.29 is 4.79 Å². The fourth-order valence-electron chi connectivity index (χ4n) is 2.29. The van der Waals surface area contributed by atoms with Gasteiger partial charge in [-0.3, -0.25) is 4.79 Å². The first-order chi connectivity index (χ1) is 8.13. The molecule has 2 atom stereocenters. The molecular formula is C13H26N2OS. The van der Waals surface area contributed by atoms with Crippen molar-refractivity contribution >= 4 is 17.7 Å². The lowest BCUT2D eigenvalue weighted by atomic mass is 9.84. The minimum atomic E-state index is 0.219. The first-order valence-electron chi connectivity index (χ1n) is 6.63. The quantitative estimate of drug-likeness (QED) is 0.764. The van der Waals surface area contributed by atoms with E-state index in [0.717, 1.165) is 25.6 Å². The van der Waals surface area contributed by atoms with E-state index in [-0.39, 0.29) is 5.91 Å². The molecule has 17 heavy (non-hydrogen) atoms. The highest BCUT2D eigenvalue weighted by Crippen LogP contribution is 2.24. The van der Waals surface area contributed by atoms with Crippen LogP contribution >= 0.6 is 11.8 Å². The van der Waals surface area contributed by atoms with E-state index >= 15 is 0 Å². The van der Waals surface area contributed by atoms with Crippen molar-refractivity contribution in [2.45, 2.75) is 38.4 Å². The lowest BCUT2D eigenvalue weighted by Gasteiger charge is -2.28.